The molecule has 24 heavy (non-hydrogen) atoms. The monoisotopic (exact) mass is 322 g/mol. The molecule has 0 saturated heterocycles. The molecule has 2 aromatic carbocycles. The maximum Gasteiger partial charge on any atom is 0.261 e. The summed E-state index contributed by atoms with van der Waals surface area (Å²) in [7, 11) is 1.59. The summed E-state index contributed by atoms with van der Waals surface area (Å²) in [5, 5.41) is 0.543. The first kappa shape index (κ1) is 15.9. The van der Waals surface area contributed by atoms with E-state index in [4.69, 9.17) is 4.74 Å². The second kappa shape index (κ2) is 7.07. The molecule has 0 aliphatic carbocycles. The number of ether oxygens (including phenoxy) is 1. The Hall–Kier alpha value is -2.97. The van der Waals surface area contributed by atoms with E-state index in [0.29, 0.717) is 24.1 Å². The van der Waals surface area contributed by atoms with Crippen LogP contribution in [0.4, 0.5) is 4.39 Å². The van der Waals surface area contributed by atoms with Crippen LogP contribution in [0, 0.1) is 17.7 Å². The van der Waals surface area contributed by atoms with Crippen LogP contribution in [0.25, 0.3) is 10.9 Å². The summed E-state index contributed by atoms with van der Waals surface area (Å²) in [5.74, 6) is 5.67. The molecule has 0 spiro atoms. The molecule has 4 nitrogen and oxygen atoms in total. The Morgan fingerprint density at radius 3 is 2.58 bits per heavy atom. The molecule has 1 heterocycles. The van der Waals surface area contributed by atoms with Gasteiger partial charge in [0.15, 0.2) is 0 Å². The topological polar surface area (TPSA) is 44.1 Å². The van der Waals surface area contributed by atoms with E-state index < -0.39 is 0 Å². The van der Waals surface area contributed by atoms with Crippen LogP contribution in [0.3, 0.4) is 0 Å². The van der Waals surface area contributed by atoms with Crippen molar-refractivity contribution in [3.8, 4) is 11.8 Å². The highest BCUT2D eigenvalue weighted by Crippen LogP contribution is 2.10. The van der Waals surface area contributed by atoms with Crippen molar-refractivity contribution < 1.29 is 9.13 Å². The third-order valence-corrected chi connectivity index (χ3v) is 3.56. The summed E-state index contributed by atoms with van der Waals surface area (Å²) in [6.45, 7) is 0.915. The Morgan fingerprint density at radius 1 is 1.12 bits per heavy atom. The summed E-state index contributed by atoms with van der Waals surface area (Å²) in [6, 6.07) is 11.3. The van der Waals surface area contributed by atoms with Gasteiger partial charge in [-0.05, 0) is 42.5 Å². The lowest BCUT2D eigenvalue weighted by molar-refractivity contribution is 0.186. The van der Waals surface area contributed by atoms with E-state index in [1.165, 1.54) is 23.0 Å². The van der Waals surface area contributed by atoms with E-state index in [-0.39, 0.29) is 11.4 Å². The third kappa shape index (κ3) is 3.50. The summed E-state index contributed by atoms with van der Waals surface area (Å²) in [5.41, 5.74) is 1.96. The molecule has 0 aliphatic heterocycles. The van der Waals surface area contributed by atoms with Crippen molar-refractivity contribution in [3.63, 3.8) is 0 Å². The number of rotatable bonds is 3. The molecule has 0 saturated carbocycles. The zero-order valence-corrected chi connectivity index (χ0v) is 13.1. The Morgan fingerprint density at radius 2 is 1.83 bits per heavy atom. The molecule has 0 unspecified atom stereocenters. The first-order valence-corrected chi connectivity index (χ1v) is 7.43. The standard InChI is InChI=1S/C19H15FN2O2/c1-24-11-10-22-13-21-18-12-15(6-9-17(18)19(22)23)3-2-14-4-7-16(20)8-5-14/h4-9,12-13H,10-11H2,1H3. The van der Waals surface area contributed by atoms with E-state index in [9.17, 15) is 9.18 Å². The highest BCUT2D eigenvalue weighted by Gasteiger charge is 2.04. The second-order valence-corrected chi connectivity index (χ2v) is 5.22. The lowest BCUT2D eigenvalue weighted by atomic mass is 10.1. The first-order chi connectivity index (χ1) is 11.7. The van der Waals surface area contributed by atoms with Crippen molar-refractivity contribution in [2.75, 3.05) is 13.7 Å². The minimum atomic E-state index is -0.291. The van der Waals surface area contributed by atoms with Crippen LogP contribution in [-0.2, 0) is 11.3 Å². The van der Waals surface area contributed by atoms with Gasteiger partial charge in [-0.15, -0.1) is 0 Å². The highest BCUT2D eigenvalue weighted by molar-refractivity contribution is 5.79. The number of methoxy groups -OCH3 is 1. The average molecular weight is 322 g/mol. The van der Waals surface area contributed by atoms with Gasteiger partial charge in [-0.3, -0.25) is 9.36 Å². The molecule has 0 atom stereocenters. The maximum absolute atomic E-state index is 12.9. The van der Waals surface area contributed by atoms with Crippen molar-refractivity contribution in [1.82, 2.24) is 9.55 Å². The van der Waals surface area contributed by atoms with Crippen molar-refractivity contribution in [2.45, 2.75) is 6.54 Å². The van der Waals surface area contributed by atoms with Crippen LogP contribution in [0.5, 0.6) is 0 Å². The quantitative estimate of drug-likeness (QED) is 0.696. The molecule has 0 fully saturated rings. The van der Waals surface area contributed by atoms with Gasteiger partial charge in [0, 0.05) is 18.2 Å². The van der Waals surface area contributed by atoms with Gasteiger partial charge in [-0.2, -0.15) is 0 Å². The lowest BCUT2D eigenvalue weighted by Crippen LogP contribution is -2.22. The Kier molecular flexibility index (Phi) is 4.69. The van der Waals surface area contributed by atoms with Crippen LogP contribution in [0.15, 0.2) is 53.6 Å². The van der Waals surface area contributed by atoms with Crippen molar-refractivity contribution in [3.05, 3.63) is 76.1 Å². The van der Waals surface area contributed by atoms with Gasteiger partial charge in [0.1, 0.15) is 5.82 Å². The van der Waals surface area contributed by atoms with Crippen LogP contribution >= 0.6 is 0 Å². The maximum atomic E-state index is 12.9. The molecule has 1 aromatic heterocycles. The fourth-order valence-corrected chi connectivity index (χ4v) is 2.26. The molecule has 0 aliphatic rings. The van der Waals surface area contributed by atoms with Gasteiger partial charge in [0.25, 0.3) is 5.56 Å². The minimum absolute atomic E-state index is 0.102. The van der Waals surface area contributed by atoms with Gasteiger partial charge in [-0.1, -0.05) is 11.8 Å². The molecule has 3 rings (SSSR count). The lowest BCUT2D eigenvalue weighted by Gasteiger charge is -2.05. The van der Waals surface area contributed by atoms with Gasteiger partial charge in [0.05, 0.1) is 30.4 Å². The number of nitrogens with zero attached hydrogens (tertiary/aromatic N) is 2. The number of hydrogen-bond donors (Lipinski definition) is 0. The fourth-order valence-electron chi connectivity index (χ4n) is 2.26. The molecule has 0 amide bonds. The van der Waals surface area contributed by atoms with Gasteiger partial charge < -0.3 is 4.74 Å². The minimum Gasteiger partial charge on any atom is -0.383 e. The molecular weight excluding hydrogens is 307 g/mol. The molecule has 3 aromatic rings. The van der Waals surface area contributed by atoms with Crippen LogP contribution in [0.2, 0.25) is 0 Å². The van der Waals surface area contributed by atoms with Crippen LogP contribution < -0.4 is 5.56 Å². The highest BCUT2D eigenvalue weighted by atomic mass is 19.1. The van der Waals surface area contributed by atoms with Crippen molar-refractivity contribution >= 4 is 10.9 Å². The van der Waals surface area contributed by atoms with Crippen LogP contribution in [-0.4, -0.2) is 23.3 Å². The SMILES string of the molecule is COCCn1cnc2cc(C#Cc3ccc(F)cc3)ccc2c1=O. The second-order valence-electron chi connectivity index (χ2n) is 5.22. The molecule has 5 heteroatoms. The predicted octanol–water partition coefficient (Wildman–Crippen LogP) is 2.58. The van der Waals surface area contributed by atoms with Crippen molar-refractivity contribution in [1.29, 1.82) is 0 Å². The summed E-state index contributed by atoms with van der Waals surface area (Å²) in [6.07, 6.45) is 1.51. The smallest absolute Gasteiger partial charge is 0.261 e. The van der Waals surface area contributed by atoms with Gasteiger partial charge in [-0.25, -0.2) is 9.37 Å². The third-order valence-electron chi connectivity index (χ3n) is 3.56. The summed E-state index contributed by atoms with van der Waals surface area (Å²) in [4.78, 5) is 16.7. The zero-order chi connectivity index (χ0) is 16.9. The molecular formula is C19H15FN2O2. The Balaban J connectivity index is 1.92. The number of hydrogen-bond acceptors (Lipinski definition) is 3. The fraction of sp³-hybridized carbons (Fsp3) is 0.158. The zero-order valence-electron chi connectivity index (χ0n) is 13.1. The Labute approximate surface area is 138 Å². The first-order valence-electron chi connectivity index (χ1n) is 7.43. The summed E-state index contributed by atoms with van der Waals surface area (Å²) >= 11 is 0. The number of aromatic nitrogens is 2. The Bertz CT molecular complexity index is 982. The average Bonchev–Trinajstić information content (AvgIpc) is 2.61. The molecule has 0 radical (unpaired) electrons. The molecule has 0 N–H and O–H groups in total. The van der Waals surface area contributed by atoms with E-state index in [0.717, 1.165) is 11.1 Å². The normalized spacial score (nSPS) is 10.4. The molecule has 0 bridgehead atoms. The van der Waals surface area contributed by atoms with Gasteiger partial charge >= 0.3 is 0 Å². The summed E-state index contributed by atoms with van der Waals surface area (Å²) < 4.78 is 19.4. The van der Waals surface area contributed by atoms with E-state index >= 15 is 0 Å². The van der Waals surface area contributed by atoms with E-state index in [1.807, 2.05) is 0 Å². The predicted molar refractivity (Wildman–Crippen MR) is 90.3 cm³/mol. The van der Waals surface area contributed by atoms with Crippen LogP contribution in [0.1, 0.15) is 11.1 Å². The molecule has 120 valence electrons. The number of halogens is 1. The largest absolute Gasteiger partial charge is 0.383 e. The van der Waals surface area contributed by atoms with Crippen molar-refractivity contribution in [2.24, 2.45) is 0 Å². The van der Waals surface area contributed by atoms with E-state index in [1.54, 1.807) is 37.4 Å². The van der Waals surface area contributed by atoms with E-state index in [2.05, 4.69) is 16.8 Å². The number of benzene rings is 2. The number of fused-ring (bicyclic) bond motifs is 1. The van der Waals surface area contributed by atoms with Gasteiger partial charge in [0.2, 0.25) is 0 Å².